The number of aromatic nitrogens is 2. The van der Waals surface area contributed by atoms with Crippen molar-refractivity contribution in [3.05, 3.63) is 56.8 Å². The molecule has 0 amide bonds. The molecule has 0 bridgehead atoms. The van der Waals surface area contributed by atoms with Gasteiger partial charge in [0.05, 0.1) is 11.6 Å². The second-order valence-electron chi connectivity index (χ2n) is 5.81. The highest BCUT2D eigenvalue weighted by atomic mass is 79.9. The van der Waals surface area contributed by atoms with Gasteiger partial charge in [0.1, 0.15) is 0 Å². The van der Waals surface area contributed by atoms with Crippen molar-refractivity contribution in [2.75, 3.05) is 38.2 Å². The van der Waals surface area contributed by atoms with E-state index in [1.807, 2.05) is 4.90 Å². The Morgan fingerprint density at radius 1 is 1.15 bits per heavy atom. The smallest absolute Gasteiger partial charge is 0.276 e. The normalized spacial score (nSPS) is 16.4. The van der Waals surface area contributed by atoms with Crippen molar-refractivity contribution in [1.82, 2.24) is 14.3 Å². The van der Waals surface area contributed by atoms with Crippen molar-refractivity contribution < 1.29 is 13.2 Å². The van der Waals surface area contributed by atoms with Crippen LogP contribution in [0.2, 0.25) is 5.02 Å². The molecule has 1 aromatic carbocycles. The zero-order valence-corrected chi connectivity index (χ0v) is 17.7. The van der Waals surface area contributed by atoms with E-state index in [0.29, 0.717) is 42.7 Å². The first kappa shape index (κ1) is 20.1. The summed E-state index contributed by atoms with van der Waals surface area (Å²) in [5.41, 5.74) is 0.696. The number of nitrogens with zero attached hydrogens (tertiary/aromatic N) is 4. The largest absolute Gasteiger partial charge is 0.485 e. The second-order valence-corrected chi connectivity index (χ2v) is 9.03. The van der Waals surface area contributed by atoms with Gasteiger partial charge < -0.3 is 9.64 Å². The molecule has 0 saturated carbocycles. The first-order valence-corrected chi connectivity index (χ1v) is 10.7. The Labute approximate surface area is 171 Å². The van der Waals surface area contributed by atoms with Gasteiger partial charge in [0.25, 0.3) is 10.0 Å². The van der Waals surface area contributed by atoms with Crippen LogP contribution >= 0.6 is 27.5 Å². The quantitative estimate of drug-likeness (QED) is 0.622. The molecule has 1 aliphatic rings. The molecule has 0 aliphatic carbocycles. The predicted molar refractivity (Wildman–Crippen MR) is 109 cm³/mol. The Balaban J connectivity index is 1.73. The number of anilines is 1. The van der Waals surface area contributed by atoms with E-state index in [2.05, 4.69) is 25.9 Å². The molecule has 1 fully saturated rings. The van der Waals surface area contributed by atoms with Gasteiger partial charge in [-0.05, 0) is 33.6 Å². The van der Waals surface area contributed by atoms with E-state index in [0.717, 1.165) is 4.47 Å². The Hall–Kier alpha value is -1.68. The summed E-state index contributed by atoms with van der Waals surface area (Å²) in [6.07, 6.45) is 4.84. The van der Waals surface area contributed by atoms with Gasteiger partial charge in [-0.2, -0.15) is 4.31 Å². The summed E-state index contributed by atoms with van der Waals surface area (Å²) in [4.78, 5) is 10.5. The Morgan fingerprint density at radius 2 is 1.74 bits per heavy atom. The lowest BCUT2D eigenvalue weighted by Gasteiger charge is -2.34. The monoisotopic (exact) mass is 472 g/mol. The lowest BCUT2D eigenvalue weighted by Crippen LogP contribution is -2.49. The van der Waals surface area contributed by atoms with Crippen molar-refractivity contribution >= 4 is 49.6 Å². The molecular formula is C17H18BrClN4O3S. The van der Waals surface area contributed by atoms with Crippen LogP contribution in [-0.2, 0) is 14.8 Å². The number of sulfonamides is 1. The molecule has 0 unspecified atom stereocenters. The molecule has 27 heavy (non-hydrogen) atoms. The molecule has 0 spiro atoms. The van der Waals surface area contributed by atoms with Gasteiger partial charge in [-0.15, -0.1) is 0 Å². The van der Waals surface area contributed by atoms with Crippen LogP contribution in [0.5, 0.6) is 0 Å². The number of hydrogen-bond donors (Lipinski definition) is 0. The molecule has 1 aromatic heterocycles. The van der Waals surface area contributed by atoms with E-state index in [-0.39, 0.29) is 5.09 Å². The highest BCUT2D eigenvalue weighted by Crippen LogP contribution is 2.21. The predicted octanol–water partition coefficient (Wildman–Crippen LogP) is 2.99. The fraction of sp³-hybridized carbons (Fsp3) is 0.294. The summed E-state index contributed by atoms with van der Waals surface area (Å²) >= 11 is 9.17. The van der Waals surface area contributed by atoms with Crippen molar-refractivity contribution in [2.45, 2.75) is 0 Å². The number of hydrogen-bond acceptors (Lipinski definition) is 6. The molecule has 144 valence electrons. The summed E-state index contributed by atoms with van der Waals surface area (Å²) in [6.45, 7) is 1.64. The van der Waals surface area contributed by atoms with Gasteiger partial charge in [-0.3, -0.25) is 0 Å². The third-order valence-electron chi connectivity index (χ3n) is 4.08. The molecule has 10 heteroatoms. The number of benzene rings is 1. The van der Waals surface area contributed by atoms with Crippen LogP contribution in [0.1, 0.15) is 5.56 Å². The molecule has 0 N–H and O–H groups in total. The summed E-state index contributed by atoms with van der Waals surface area (Å²) < 4.78 is 33.2. The fourth-order valence-corrected chi connectivity index (χ4v) is 4.38. The van der Waals surface area contributed by atoms with E-state index in [4.69, 9.17) is 16.3 Å². The maximum absolute atomic E-state index is 12.9. The fourth-order valence-electron chi connectivity index (χ4n) is 2.66. The van der Waals surface area contributed by atoms with E-state index in [9.17, 15) is 8.42 Å². The highest BCUT2D eigenvalue weighted by Gasteiger charge is 2.31. The third kappa shape index (κ3) is 4.78. The maximum Gasteiger partial charge on any atom is 0.276 e. The van der Waals surface area contributed by atoms with Crippen LogP contribution in [-0.4, -0.2) is 56.0 Å². The standard InChI is InChI=1S/C17H18BrClN4O3S/c1-26-16(10-13-2-4-15(19)5-3-13)27(24,25)23-8-6-22(7-9-23)17-20-11-14(18)12-21-17/h2-5,10-12H,6-9H2,1H3/b16-10-. The Bertz CT molecular complexity index is 912. The van der Waals surface area contributed by atoms with Crippen molar-refractivity contribution in [3.8, 4) is 0 Å². The van der Waals surface area contributed by atoms with Crippen LogP contribution in [0.3, 0.4) is 0 Å². The molecule has 2 aromatic rings. The SMILES string of the molecule is CO/C(=C/c1ccc(Cl)cc1)S(=O)(=O)N1CCN(c2ncc(Br)cn2)CC1. The van der Waals surface area contributed by atoms with Crippen LogP contribution < -0.4 is 4.90 Å². The number of rotatable bonds is 5. The molecule has 0 atom stereocenters. The summed E-state index contributed by atoms with van der Waals surface area (Å²) in [5.74, 6) is 0.582. The number of piperazine rings is 1. The molecule has 1 saturated heterocycles. The van der Waals surface area contributed by atoms with Crippen molar-refractivity contribution in [3.63, 3.8) is 0 Å². The number of methoxy groups -OCH3 is 1. The van der Waals surface area contributed by atoms with Crippen molar-refractivity contribution in [2.24, 2.45) is 0 Å². The van der Waals surface area contributed by atoms with Crippen LogP contribution in [0.25, 0.3) is 6.08 Å². The minimum Gasteiger partial charge on any atom is -0.485 e. The first-order valence-electron chi connectivity index (χ1n) is 8.14. The summed E-state index contributed by atoms with van der Waals surface area (Å²) in [6, 6.07) is 6.87. The van der Waals surface area contributed by atoms with Crippen molar-refractivity contribution in [1.29, 1.82) is 0 Å². The minimum absolute atomic E-state index is 0.0989. The van der Waals surface area contributed by atoms with Crippen LogP contribution in [0.4, 0.5) is 5.95 Å². The molecule has 3 rings (SSSR count). The van der Waals surface area contributed by atoms with Crippen LogP contribution in [0.15, 0.2) is 46.2 Å². The summed E-state index contributed by atoms with van der Waals surface area (Å²) in [5, 5.41) is 0.485. The molecule has 7 nitrogen and oxygen atoms in total. The number of ether oxygens (including phenoxy) is 1. The third-order valence-corrected chi connectivity index (χ3v) is 6.58. The average molecular weight is 474 g/mol. The zero-order chi connectivity index (χ0) is 19.4. The van der Waals surface area contributed by atoms with Crippen LogP contribution in [0, 0.1) is 0 Å². The van der Waals surface area contributed by atoms with Gasteiger partial charge in [0.15, 0.2) is 0 Å². The molecule has 1 aliphatic heterocycles. The zero-order valence-electron chi connectivity index (χ0n) is 14.5. The maximum atomic E-state index is 12.9. The van der Waals surface area contributed by atoms with E-state index in [1.54, 1.807) is 36.7 Å². The van der Waals surface area contributed by atoms with E-state index < -0.39 is 10.0 Å². The first-order chi connectivity index (χ1) is 12.9. The van der Waals surface area contributed by atoms with E-state index in [1.165, 1.54) is 17.5 Å². The lowest BCUT2D eigenvalue weighted by atomic mass is 10.2. The molecular weight excluding hydrogens is 456 g/mol. The molecule has 2 heterocycles. The minimum atomic E-state index is -3.73. The summed E-state index contributed by atoms with van der Waals surface area (Å²) in [7, 11) is -2.38. The van der Waals surface area contributed by atoms with Gasteiger partial charge in [-0.1, -0.05) is 23.7 Å². The lowest BCUT2D eigenvalue weighted by molar-refractivity contribution is 0.304. The average Bonchev–Trinajstić information content (AvgIpc) is 2.68. The Morgan fingerprint density at radius 3 is 2.30 bits per heavy atom. The highest BCUT2D eigenvalue weighted by molar-refractivity contribution is 9.10. The topological polar surface area (TPSA) is 75.6 Å². The second kappa shape index (κ2) is 8.55. The van der Waals surface area contributed by atoms with E-state index >= 15 is 0 Å². The van der Waals surface area contributed by atoms with Gasteiger partial charge in [-0.25, -0.2) is 18.4 Å². The Kier molecular flexibility index (Phi) is 6.36. The van der Waals surface area contributed by atoms with Gasteiger partial charge in [0, 0.05) is 49.7 Å². The number of halogens is 2. The van der Waals surface area contributed by atoms with Gasteiger partial charge >= 0.3 is 0 Å². The van der Waals surface area contributed by atoms with Gasteiger partial charge in [0.2, 0.25) is 11.0 Å². The molecule has 0 radical (unpaired) electrons.